The van der Waals surface area contributed by atoms with Gasteiger partial charge in [0, 0.05) is 13.5 Å². The zero-order valence-corrected chi connectivity index (χ0v) is 11.5. The van der Waals surface area contributed by atoms with Gasteiger partial charge in [-0.15, -0.1) is 10.2 Å². The Bertz CT molecular complexity index is 281. The van der Waals surface area contributed by atoms with Gasteiger partial charge < -0.3 is 4.57 Å². The SMILES string of the molecule is CCCCCCCCCCCc1nncn1C. The summed E-state index contributed by atoms with van der Waals surface area (Å²) in [6.07, 6.45) is 15.3. The van der Waals surface area contributed by atoms with Gasteiger partial charge in [-0.2, -0.15) is 0 Å². The average molecular weight is 237 g/mol. The van der Waals surface area contributed by atoms with E-state index in [4.69, 9.17) is 0 Å². The molecule has 0 N–H and O–H groups in total. The van der Waals surface area contributed by atoms with Crippen molar-refractivity contribution in [2.24, 2.45) is 7.05 Å². The molecule has 0 amide bonds. The largest absolute Gasteiger partial charge is 0.321 e. The summed E-state index contributed by atoms with van der Waals surface area (Å²) in [7, 11) is 2.02. The van der Waals surface area contributed by atoms with E-state index in [1.165, 1.54) is 57.8 Å². The molecule has 1 heterocycles. The van der Waals surface area contributed by atoms with E-state index in [0.29, 0.717) is 0 Å². The third-order valence-electron chi connectivity index (χ3n) is 3.31. The van der Waals surface area contributed by atoms with Gasteiger partial charge in [0.05, 0.1) is 0 Å². The van der Waals surface area contributed by atoms with E-state index < -0.39 is 0 Å². The highest BCUT2D eigenvalue weighted by molar-refractivity contribution is 4.83. The predicted octanol–water partition coefficient (Wildman–Crippen LogP) is 3.89. The molecule has 1 rings (SSSR count). The Labute approximate surface area is 106 Å². The molecule has 0 spiro atoms. The van der Waals surface area contributed by atoms with E-state index in [9.17, 15) is 0 Å². The number of aryl methyl sites for hydroxylation is 2. The van der Waals surface area contributed by atoms with Crippen molar-refractivity contribution >= 4 is 0 Å². The van der Waals surface area contributed by atoms with Crippen molar-refractivity contribution in [2.75, 3.05) is 0 Å². The molecule has 1 aromatic rings. The van der Waals surface area contributed by atoms with Crippen LogP contribution in [-0.2, 0) is 13.5 Å². The highest BCUT2D eigenvalue weighted by Crippen LogP contribution is 2.10. The third kappa shape index (κ3) is 6.44. The monoisotopic (exact) mass is 237 g/mol. The molecular formula is C14H27N3. The van der Waals surface area contributed by atoms with Gasteiger partial charge >= 0.3 is 0 Å². The normalized spacial score (nSPS) is 10.9. The average Bonchev–Trinajstić information content (AvgIpc) is 2.73. The van der Waals surface area contributed by atoms with Crippen molar-refractivity contribution in [3.8, 4) is 0 Å². The first-order chi connectivity index (χ1) is 8.34. The molecule has 3 heteroatoms. The van der Waals surface area contributed by atoms with Crippen LogP contribution in [0, 0.1) is 0 Å². The van der Waals surface area contributed by atoms with Crippen LogP contribution in [0.3, 0.4) is 0 Å². The summed E-state index contributed by atoms with van der Waals surface area (Å²) >= 11 is 0. The van der Waals surface area contributed by atoms with Crippen LogP contribution in [0.2, 0.25) is 0 Å². The quantitative estimate of drug-likeness (QED) is 0.578. The van der Waals surface area contributed by atoms with Crippen LogP contribution in [0.25, 0.3) is 0 Å². The topological polar surface area (TPSA) is 30.7 Å². The number of unbranched alkanes of at least 4 members (excludes halogenated alkanes) is 8. The second kappa shape index (κ2) is 9.20. The first-order valence-corrected chi connectivity index (χ1v) is 7.17. The van der Waals surface area contributed by atoms with Crippen LogP contribution in [0.4, 0.5) is 0 Å². The highest BCUT2D eigenvalue weighted by Gasteiger charge is 1.99. The minimum absolute atomic E-state index is 1.08. The van der Waals surface area contributed by atoms with Gasteiger partial charge in [-0.3, -0.25) is 0 Å². The summed E-state index contributed by atoms with van der Waals surface area (Å²) in [6.45, 7) is 2.27. The lowest BCUT2D eigenvalue weighted by Crippen LogP contribution is -1.97. The van der Waals surface area contributed by atoms with Crippen LogP contribution < -0.4 is 0 Å². The fourth-order valence-corrected chi connectivity index (χ4v) is 2.13. The Kier molecular flexibility index (Phi) is 7.69. The highest BCUT2D eigenvalue weighted by atomic mass is 15.2. The summed E-state index contributed by atoms with van der Waals surface area (Å²) in [4.78, 5) is 0. The lowest BCUT2D eigenvalue weighted by molar-refractivity contribution is 0.559. The Hall–Kier alpha value is -0.860. The van der Waals surface area contributed by atoms with Crippen LogP contribution in [0.1, 0.15) is 70.5 Å². The maximum absolute atomic E-state index is 4.10. The van der Waals surface area contributed by atoms with Crippen LogP contribution >= 0.6 is 0 Å². The molecule has 0 aliphatic carbocycles. The van der Waals surface area contributed by atoms with E-state index in [2.05, 4.69) is 17.1 Å². The molecule has 0 atom stereocenters. The molecule has 0 saturated heterocycles. The zero-order valence-electron chi connectivity index (χ0n) is 11.5. The standard InChI is InChI=1S/C14H27N3/c1-3-4-5-6-7-8-9-10-11-12-14-16-15-13-17(14)2/h13H,3-12H2,1-2H3. The third-order valence-corrected chi connectivity index (χ3v) is 3.31. The summed E-state index contributed by atoms with van der Waals surface area (Å²) in [6, 6.07) is 0. The molecule has 0 saturated carbocycles. The van der Waals surface area contributed by atoms with Crippen LogP contribution in [-0.4, -0.2) is 14.8 Å². The molecule has 0 radical (unpaired) electrons. The maximum atomic E-state index is 4.10. The number of hydrogen-bond donors (Lipinski definition) is 0. The molecule has 0 unspecified atom stereocenters. The second-order valence-electron chi connectivity index (χ2n) is 4.94. The molecule has 0 bridgehead atoms. The molecule has 98 valence electrons. The van der Waals surface area contributed by atoms with Gasteiger partial charge in [0.25, 0.3) is 0 Å². The van der Waals surface area contributed by atoms with Crippen molar-refractivity contribution in [1.29, 1.82) is 0 Å². The first kappa shape index (κ1) is 14.2. The van der Waals surface area contributed by atoms with E-state index >= 15 is 0 Å². The molecule has 0 aromatic carbocycles. The molecule has 0 aliphatic heterocycles. The molecule has 17 heavy (non-hydrogen) atoms. The summed E-state index contributed by atoms with van der Waals surface area (Å²) in [5.74, 6) is 1.12. The van der Waals surface area contributed by atoms with Gasteiger partial charge in [0.2, 0.25) is 0 Å². The van der Waals surface area contributed by atoms with Crippen molar-refractivity contribution in [2.45, 2.75) is 71.1 Å². The number of hydrogen-bond acceptors (Lipinski definition) is 2. The Balaban J connectivity index is 1.86. The smallest absolute Gasteiger partial charge is 0.132 e. The summed E-state index contributed by atoms with van der Waals surface area (Å²) in [5.41, 5.74) is 0. The maximum Gasteiger partial charge on any atom is 0.132 e. The first-order valence-electron chi connectivity index (χ1n) is 7.17. The minimum atomic E-state index is 1.08. The number of aromatic nitrogens is 3. The van der Waals surface area contributed by atoms with Crippen molar-refractivity contribution in [3.05, 3.63) is 12.2 Å². The predicted molar refractivity (Wildman–Crippen MR) is 71.9 cm³/mol. The lowest BCUT2D eigenvalue weighted by atomic mass is 10.1. The summed E-state index contributed by atoms with van der Waals surface area (Å²) in [5, 5.41) is 7.99. The Morgan fingerprint density at radius 1 is 0.941 bits per heavy atom. The molecule has 3 nitrogen and oxygen atoms in total. The van der Waals surface area contributed by atoms with Crippen LogP contribution in [0.15, 0.2) is 6.33 Å². The number of rotatable bonds is 10. The molecule has 0 fully saturated rings. The Morgan fingerprint density at radius 2 is 1.53 bits per heavy atom. The zero-order chi connectivity index (χ0) is 12.3. The summed E-state index contributed by atoms with van der Waals surface area (Å²) < 4.78 is 2.02. The van der Waals surface area contributed by atoms with Crippen LogP contribution in [0.5, 0.6) is 0 Å². The number of nitrogens with zero attached hydrogens (tertiary/aromatic N) is 3. The van der Waals surface area contributed by atoms with E-state index in [-0.39, 0.29) is 0 Å². The van der Waals surface area contributed by atoms with E-state index in [1.807, 2.05) is 11.6 Å². The van der Waals surface area contributed by atoms with Gasteiger partial charge in [-0.1, -0.05) is 58.3 Å². The Morgan fingerprint density at radius 3 is 2.06 bits per heavy atom. The molecule has 1 aromatic heterocycles. The van der Waals surface area contributed by atoms with Crippen molar-refractivity contribution in [3.63, 3.8) is 0 Å². The molecule has 0 aliphatic rings. The van der Waals surface area contributed by atoms with Gasteiger partial charge in [-0.25, -0.2) is 0 Å². The van der Waals surface area contributed by atoms with E-state index in [0.717, 1.165) is 12.2 Å². The van der Waals surface area contributed by atoms with Crippen molar-refractivity contribution < 1.29 is 0 Å². The van der Waals surface area contributed by atoms with Crippen molar-refractivity contribution in [1.82, 2.24) is 14.8 Å². The van der Waals surface area contributed by atoms with E-state index in [1.54, 1.807) is 6.33 Å². The van der Waals surface area contributed by atoms with Gasteiger partial charge in [0.1, 0.15) is 12.2 Å². The fraction of sp³-hybridized carbons (Fsp3) is 0.857. The second-order valence-corrected chi connectivity index (χ2v) is 4.94. The lowest BCUT2D eigenvalue weighted by Gasteiger charge is -2.02. The van der Waals surface area contributed by atoms with Gasteiger partial charge in [0.15, 0.2) is 0 Å². The minimum Gasteiger partial charge on any atom is -0.321 e. The molecular weight excluding hydrogens is 210 g/mol. The van der Waals surface area contributed by atoms with Gasteiger partial charge in [-0.05, 0) is 6.42 Å². The fourth-order valence-electron chi connectivity index (χ4n) is 2.13.